The molecule has 4 aromatic rings. The number of nitrogens with zero attached hydrogens (tertiary/aromatic N) is 3. The molecule has 4 rings (SSSR count). The summed E-state index contributed by atoms with van der Waals surface area (Å²) in [6.07, 6.45) is 1.90. The molecule has 0 aliphatic carbocycles. The van der Waals surface area contributed by atoms with Crippen molar-refractivity contribution < 1.29 is 4.74 Å². The molecule has 0 saturated heterocycles. The molecular formula is C25H27N3O2S. The molecule has 0 unspecified atom stereocenters. The summed E-state index contributed by atoms with van der Waals surface area (Å²) in [4.78, 5) is 18.0. The average molecular weight is 434 g/mol. The monoisotopic (exact) mass is 433 g/mol. The Balaban J connectivity index is 1.60. The van der Waals surface area contributed by atoms with Crippen molar-refractivity contribution in [2.75, 3.05) is 6.61 Å². The van der Waals surface area contributed by atoms with Gasteiger partial charge in [-0.3, -0.25) is 4.79 Å². The second kappa shape index (κ2) is 8.27. The highest BCUT2D eigenvalue weighted by Crippen LogP contribution is 2.23. The first-order valence-corrected chi connectivity index (χ1v) is 11.3. The summed E-state index contributed by atoms with van der Waals surface area (Å²) in [6.45, 7) is 11.5. The van der Waals surface area contributed by atoms with Gasteiger partial charge in [-0.15, -0.1) is 5.10 Å². The number of ether oxygens (including phenoxy) is 1. The molecule has 0 amide bonds. The summed E-state index contributed by atoms with van der Waals surface area (Å²) in [5.41, 5.74) is 3.07. The zero-order valence-corrected chi connectivity index (χ0v) is 19.4. The predicted molar refractivity (Wildman–Crippen MR) is 127 cm³/mol. The molecule has 6 heteroatoms. The maximum atomic E-state index is 12.8. The summed E-state index contributed by atoms with van der Waals surface area (Å²) in [7, 11) is 0. The van der Waals surface area contributed by atoms with Gasteiger partial charge in [0, 0.05) is 5.56 Å². The predicted octanol–water partition coefficient (Wildman–Crippen LogP) is 4.70. The van der Waals surface area contributed by atoms with Crippen molar-refractivity contribution in [2.24, 2.45) is 5.92 Å². The van der Waals surface area contributed by atoms with Crippen molar-refractivity contribution >= 4 is 22.4 Å². The fourth-order valence-electron chi connectivity index (χ4n) is 3.15. The molecule has 2 heterocycles. The van der Waals surface area contributed by atoms with Crippen molar-refractivity contribution in [3.63, 3.8) is 0 Å². The lowest BCUT2D eigenvalue weighted by atomic mass is 9.87. The van der Waals surface area contributed by atoms with Gasteiger partial charge in [0.25, 0.3) is 5.56 Å². The van der Waals surface area contributed by atoms with Crippen LogP contribution in [0.25, 0.3) is 22.4 Å². The lowest BCUT2D eigenvalue weighted by Crippen LogP contribution is -2.23. The molecule has 0 N–H and O–H groups in total. The van der Waals surface area contributed by atoms with Crippen molar-refractivity contribution in [3.05, 3.63) is 74.5 Å². The number of aromatic nitrogens is 3. The SMILES string of the molecule is CC(C)COc1ccc(-c2nc3s/c(=C\c4ccc(C(C)(C)C)cc4)c(=O)n3n2)cc1. The number of hydrogen-bond donors (Lipinski definition) is 0. The second-order valence-electron chi connectivity index (χ2n) is 9.15. The molecule has 2 aromatic carbocycles. The van der Waals surface area contributed by atoms with E-state index in [1.807, 2.05) is 42.5 Å². The molecule has 0 aliphatic heterocycles. The highest BCUT2D eigenvalue weighted by molar-refractivity contribution is 7.15. The van der Waals surface area contributed by atoms with Gasteiger partial charge in [0.15, 0.2) is 5.82 Å². The molecule has 5 nitrogen and oxygen atoms in total. The van der Waals surface area contributed by atoms with Crippen molar-refractivity contribution in [2.45, 2.75) is 40.0 Å². The van der Waals surface area contributed by atoms with Crippen LogP contribution in [0.4, 0.5) is 0 Å². The molecule has 160 valence electrons. The van der Waals surface area contributed by atoms with E-state index in [0.717, 1.165) is 16.9 Å². The van der Waals surface area contributed by atoms with E-state index in [9.17, 15) is 4.79 Å². The molecule has 0 saturated carbocycles. The standard InChI is InChI=1S/C25H27N3O2S/c1-16(2)15-30-20-12-8-18(9-13-20)22-26-24-28(27-22)23(29)21(31-24)14-17-6-10-19(11-7-17)25(3,4)5/h6-14,16H,15H2,1-5H3/b21-14-. The van der Waals surface area contributed by atoms with Crippen LogP contribution in [0.1, 0.15) is 45.7 Å². The van der Waals surface area contributed by atoms with Crippen molar-refractivity contribution in [3.8, 4) is 17.1 Å². The summed E-state index contributed by atoms with van der Waals surface area (Å²) in [6, 6.07) is 16.0. The lowest BCUT2D eigenvalue weighted by Gasteiger charge is -2.18. The van der Waals surface area contributed by atoms with E-state index >= 15 is 0 Å². The molecule has 31 heavy (non-hydrogen) atoms. The molecule has 2 aromatic heterocycles. The largest absolute Gasteiger partial charge is 0.493 e. The normalized spacial score (nSPS) is 12.8. The van der Waals surface area contributed by atoms with E-state index in [-0.39, 0.29) is 11.0 Å². The number of benzene rings is 2. The Morgan fingerprint density at radius 3 is 2.32 bits per heavy atom. The summed E-state index contributed by atoms with van der Waals surface area (Å²) in [5, 5.41) is 4.44. The number of rotatable bonds is 5. The Kier molecular flexibility index (Phi) is 5.67. The lowest BCUT2D eigenvalue weighted by molar-refractivity contribution is 0.271. The molecule has 0 spiro atoms. The van der Waals surface area contributed by atoms with Crippen LogP contribution in [0.3, 0.4) is 0 Å². The van der Waals surface area contributed by atoms with Crippen LogP contribution < -0.4 is 14.8 Å². The van der Waals surface area contributed by atoms with Gasteiger partial charge in [0.2, 0.25) is 4.96 Å². The van der Waals surface area contributed by atoms with Crippen LogP contribution in [0.15, 0.2) is 53.3 Å². The minimum atomic E-state index is -0.143. The molecular weight excluding hydrogens is 406 g/mol. The summed E-state index contributed by atoms with van der Waals surface area (Å²) < 4.78 is 7.74. The van der Waals surface area contributed by atoms with E-state index in [1.165, 1.54) is 21.4 Å². The van der Waals surface area contributed by atoms with Gasteiger partial charge in [0.05, 0.1) is 11.1 Å². The third kappa shape index (κ3) is 4.69. The maximum absolute atomic E-state index is 12.8. The zero-order chi connectivity index (χ0) is 22.2. The fourth-order valence-corrected chi connectivity index (χ4v) is 4.06. The Morgan fingerprint density at radius 2 is 1.74 bits per heavy atom. The van der Waals surface area contributed by atoms with Crippen LogP contribution in [0.2, 0.25) is 0 Å². The van der Waals surface area contributed by atoms with Crippen molar-refractivity contribution in [1.82, 2.24) is 14.6 Å². The van der Waals surface area contributed by atoms with Gasteiger partial charge in [-0.05, 0) is 52.8 Å². The fraction of sp³-hybridized carbons (Fsp3) is 0.320. The third-order valence-electron chi connectivity index (χ3n) is 4.95. The van der Waals surface area contributed by atoms with E-state index in [2.05, 4.69) is 56.8 Å². The Bertz CT molecular complexity index is 1290. The molecule has 0 fully saturated rings. The first kappa shape index (κ1) is 21.2. The number of hydrogen-bond acceptors (Lipinski definition) is 5. The molecule has 0 aliphatic rings. The topological polar surface area (TPSA) is 56.5 Å². The average Bonchev–Trinajstić information content (AvgIpc) is 3.26. The van der Waals surface area contributed by atoms with Gasteiger partial charge in [-0.2, -0.15) is 9.50 Å². The van der Waals surface area contributed by atoms with Gasteiger partial charge < -0.3 is 4.74 Å². The van der Waals surface area contributed by atoms with Gasteiger partial charge >= 0.3 is 0 Å². The summed E-state index contributed by atoms with van der Waals surface area (Å²) in [5.74, 6) is 1.83. The minimum Gasteiger partial charge on any atom is -0.493 e. The van der Waals surface area contributed by atoms with Crippen LogP contribution >= 0.6 is 11.3 Å². The Morgan fingerprint density at radius 1 is 1.06 bits per heavy atom. The van der Waals surface area contributed by atoms with E-state index in [4.69, 9.17) is 4.74 Å². The molecule has 0 bridgehead atoms. The van der Waals surface area contributed by atoms with Gasteiger partial charge in [-0.25, -0.2) is 0 Å². The van der Waals surface area contributed by atoms with Crippen LogP contribution in [0.5, 0.6) is 5.75 Å². The van der Waals surface area contributed by atoms with Crippen LogP contribution in [-0.2, 0) is 5.41 Å². The minimum absolute atomic E-state index is 0.102. The third-order valence-corrected chi connectivity index (χ3v) is 5.91. The molecule has 0 atom stereocenters. The van der Waals surface area contributed by atoms with E-state index < -0.39 is 0 Å². The highest BCUT2D eigenvalue weighted by atomic mass is 32.1. The van der Waals surface area contributed by atoms with E-state index in [1.54, 1.807) is 0 Å². The number of fused-ring (bicyclic) bond motifs is 1. The maximum Gasteiger partial charge on any atom is 0.291 e. The number of thiazole rings is 1. The van der Waals surface area contributed by atoms with Crippen LogP contribution in [0, 0.1) is 5.92 Å². The van der Waals surface area contributed by atoms with Gasteiger partial charge in [0.1, 0.15) is 5.75 Å². The van der Waals surface area contributed by atoms with Gasteiger partial charge in [-0.1, -0.05) is 70.2 Å². The first-order valence-electron chi connectivity index (χ1n) is 10.5. The smallest absolute Gasteiger partial charge is 0.291 e. The highest BCUT2D eigenvalue weighted by Gasteiger charge is 2.14. The molecule has 0 radical (unpaired) electrons. The van der Waals surface area contributed by atoms with Crippen molar-refractivity contribution in [1.29, 1.82) is 0 Å². The van der Waals surface area contributed by atoms with Crippen LogP contribution in [-0.4, -0.2) is 21.2 Å². The Labute approximate surface area is 186 Å². The summed E-state index contributed by atoms with van der Waals surface area (Å²) >= 11 is 1.36. The first-order chi connectivity index (χ1) is 14.7. The zero-order valence-electron chi connectivity index (χ0n) is 18.5. The second-order valence-corrected chi connectivity index (χ2v) is 10.2. The Hall–Kier alpha value is -2.99. The van der Waals surface area contributed by atoms with E-state index in [0.29, 0.717) is 27.8 Å². The quantitative estimate of drug-likeness (QED) is 0.458.